The summed E-state index contributed by atoms with van der Waals surface area (Å²) in [5.41, 5.74) is 5.04. The Balaban J connectivity index is 1.90. The molecule has 0 atom stereocenters. The molecule has 0 aliphatic carbocycles. The lowest BCUT2D eigenvalue weighted by molar-refractivity contribution is 0.00706. The van der Waals surface area contributed by atoms with E-state index in [0.717, 1.165) is 28.1 Å². The van der Waals surface area contributed by atoms with Gasteiger partial charge in [0.25, 0.3) is 0 Å². The molecule has 0 spiro atoms. The van der Waals surface area contributed by atoms with E-state index in [0.29, 0.717) is 11.3 Å². The molecule has 28 heavy (non-hydrogen) atoms. The summed E-state index contributed by atoms with van der Waals surface area (Å²) in [4.78, 5) is 25.3. The number of carbonyl (C=O) groups excluding carboxylic acids is 1. The third-order valence-electron chi connectivity index (χ3n) is 3.99. The molecule has 6 heteroatoms. The van der Waals surface area contributed by atoms with Gasteiger partial charge >= 0.3 is 5.97 Å². The van der Waals surface area contributed by atoms with E-state index < -0.39 is 5.60 Å². The van der Waals surface area contributed by atoms with Crippen LogP contribution in [0.25, 0.3) is 11.3 Å². The van der Waals surface area contributed by atoms with Gasteiger partial charge in [0, 0.05) is 18.0 Å². The largest absolute Gasteiger partial charge is 0.456 e. The molecule has 0 amide bonds. The van der Waals surface area contributed by atoms with Gasteiger partial charge in [0.15, 0.2) is 0 Å². The number of carbonyl (C=O) groups is 1. The maximum absolute atomic E-state index is 12.6. The topological polar surface area (TPSA) is 77.0 Å². The number of hydrogen-bond acceptors (Lipinski definition) is 6. The van der Waals surface area contributed by atoms with E-state index in [9.17, 15) is 4.79 Å². The third kappa shape index (κ3) is 4.71. The van der Waals surface area contributed by atoms with Gasteiger partial charge in [-0.25, -0.2) is 14.8 Å². The first-order valence-electron chi connectivity index (χ1n) is 9.06. The summed E-state index contributed by atoms with van der Waals surface area (Å²) in [6.07, 6.45) is 6.68. The minimum Gasteiger partial charge on any atom is -0.456 e. The van der Waals surface area contributed by atoms with Crippen molar-refractivity contribution in [2.45, 2.75) is 40.2 Å². The second kappa shape index (κ2) is 7.76. The maximum atomic E-state index is 12.6. The van der Waals surface area contributed by atoms with Gasteiger partial charge in [0.1, 0.15) is 11.9 Å². The fraction of sp³-hybridized carbons (Fsp3) is 0.273. The molecule has 2 aromatic heterocycles. The molecule has 0 radical (unpaired) electrons. The van der Waals surface area contributed by atoms with Crippen LogP contribution in [0.15, 0.2) is 49.2 Å². The van der Waals surface area contributed by atoms with E-state index in [2.05, 4.69) is 20.3 Å². The first-order valence-corrected chi connectivity index (χ1v) is 9.06. The summed E-state index contributed by atoms with van der Waals surface area (Å²) in [6, 6.07) is 7.63. The molecule has 0 aliphatic heterocycles. The number of aromatic nitrogens is 3. The molecule has 0 unspecified atom stereocenters. The van der Waals surface area contributed by atoms with Gasteiger partial charge in [-0.2, -0.15) is 0 Å². The molecule has 6 nitrogen and oxygen atoms in total. The highest BCUT2D eigenvalue weighted by molar-refractivity contribution is 5.97. The lowest BCUT2D eigenvalue weighted by atomic mass is 10.1. The van der Waals surface area contributed by atoms with Crippen LogP contribution < -0.4 is 5.32 Å². The fourth-order valence-corrected chi connectivity index (χ4v) is 2.79. The smallest absolute Gasteiger partial charge is 0.340 e. The van der Waals surface area contributed by atoms with Crippen LogP contribution in [-0.2, 0) is 4.74 Å². The van der Waals surface area contributed by atoms with E-state index >= 15 is 0 Å². The molecule has 0 bridgehead atoms. The van der Waals surface area contributed by atoms with Crippen molar-refractivity contribution in [2.75, 3.05) is 5.32 Å². The Hall–Kier alpha value is -3.28. The van der Waals surface area contributed by atoms with Crippen LogP contribution in [0.2, 0.25) is 0 Å². The van der Waals surface area contributed by atoms with Crippen molar-refractivity contribution in [3.63, 3.8) is 0 Å². The average Bonchev–Trinajstić information content (AvgIpc) is 2.62. The molecule has 2 heterocycles. The minimum absolute atomic E-state index is 0.360. The summed E-state index contributed by atoms with van der Waals surface area (Å²) < 4.78 is 5.55. The maximum Gasteiger partial charge on any atom is 0.340 e. The van der Waals surface area contributed by atoms with Crippen molar-refractivity contribution in [3.05, 3.63) is 65.9 Å². The molecule has 3 rings (SSSR count). The van der Waals surface area contributed by atoms with Crippen LogP contribution in [0.3, 0.4) is 0 Å². The predicted molar refractivity (Wildman–Crippen MR) is 110 cm³/mol. The zero-order valence-corrected chi connectivity index (χ0v) is 16.8. The number of esters is 1. The van der Waals surface area contributed by atoms with E-state index in [1.165, 1.54) is 6.33 Å². The fourth-order valence-electron chi connectivity index (χ4n) is 2.79. The summed E-state index contributed by atoms with van der Waals surface area (Å²) in [5.74, 6) is -0.360. The molecule has 0 saturated heterocycles. The van der Waals surface area contributed by atoms with Gasteiger partial charge in [-0.05, 0) is 58.4 Å². The Labute approximate surface area is 165 Å². The first-order chi connectivity index (χ1) is 13.2. The van der Waals surface area contributed by atoms with Gasteiger partial charge in [-0.1, -0.05) is 11.6 Å². The second-order valence-corrected chi connectivity index (χ2v) is 7.69. The lowest BCUT2D eigenvalue weighted by Gasteiger charge is -2.21. The van der Waals surface area contributed by atoms with Crippen molar-refractivity contribution in [2.24, 2.45) is 0 Å². The number of nitrogens with one attached hydrogen (secondary N) is 1. The van der Waals surface area contributed by atoms with Gasteiger partial charge in [0.2, 0.25) is 0 Å². The summed E-state index contributed by atoms with van der Waals surface area (Å²) in [5, 5.41) is 3.29. The van der Waals surface area contributed by atoms with Crippen molar-refractivity contribution in [1.29, 1.82) is 0 Å². The van der Waals surface area contributed by atoms with Crippen LogP contribution in [0.5, 0.6) is 0 Å². The van der Waals surface area contributed by atoms with E-state index in [4.69, 9.17) is 4.74 Å². The summed E-state index contributed by atoms with van der Waals surface area (Å²) in [6.45, 7) is 9.48. The van der Waals surface area contributed by atoms with Crippen LogP contribution in [-0.4, -0.2) is 26.5 Å². The minimum atomic E-state index is -0.560. The highest BCUT2D eigenvalue weighted by Gasteiger charge is 2.21. The number of ether oxygens (including phenoxy) is 1. The number of benzene rings is 1. The second-order valence-electron chi connectivity index (χ2n) is 7.69. The highest BCUT2D eigenvalue weighted by atomic mass is 16.6. The summed E-state index contributed by atoms with van der Waals surface area (Å²) in [7, 11) is 0. The van der Waals surface area contributed by atoms with Crippen LogP contribution >= 0.6 is 0 Å². The Morgan fingerprint density at radius 1 is 1.04 bits per heavy atom. The Kier molecular flexibility index (Phi) is 5.40. The van der Waals surface area contributed by atoms with Crippen LogP contribution in [0.1, 0.15) is 42.3 Å². The van der Waals surface area contributed by atoms with Crippen molar-refractivity contribution >= 4 is 17.3 Å². The zero-order valence-electron chi connectivity index (χ0n) is 16.8. The molecule has 1 N–H and O–H groups in total. The molecule has 0 aliphatic rings. The molecule has 0 fully saturated rings. The van der Waals surface area contributed by atoms with Crippen LogP contribution in [0, 0.1) is 13.8 Å². The van der Waals surface area contributed by atoms with Crippen LogP contribution in [0.4, 0.5) is 11.4 Å². The number of nitrogens with zero attached hydrogens (tertiary/aromatic N) is 3. The normalized spacial score (nSPS) is 11.2. The molecular weight excluding hydrogens is 352 g/mol. The highest BCUT2D eigenvalue weighted by Crippen LogP contribution is 2.27. The number of rotatable bonds is 4. The van der Waals surface area contributed by atoms with E-state index in [1.807, 2.05) is 58.9 Å². The van der Waals surface area contributed by atoms with Crippen molar-refractivity contribution < 1.29 is 9.53 Å². The predicted octanol–water partition coefficient (Wildman–Crippen LogP) is 4.85. The number of pyridine rings is 1. The first kappa shape index (κ1) is 19.5. The number of aryl methyl sites for hydroxylation is 2. The molecule has 3 aromatic rings. The lowest BCUT2D eigenvalue weighted by Crippen LogP contribution is -2.24. The Morgan fingerprint density at radius 2 is 1.75 bits per heavy atom. The zero-order chi connectivity index (χ0) is 20.3. The standard InChI is InChI=1S/C22H24N4O2/c1-14-6-7-19(18(8-14)21(27)28-22(3,4)5)26-17-9-15(2)20(25-12-17)16-10-23-13-24-11-16/h6-13,26H,1-5H3. The van der Waals surface area contributed by atoms with E-state index in [1.54, 1.807) is 18.6 Å². The Morgan fingerprint density at radius 3 is 2.39 bits per heavy atom. The Bertz CT molecular complexity index is 995. The molecule has 1 aromatic carbocycles. The third-order valence-corrected chi connectivity index (χ3v) is 3.99. The molecular formula is C22H24N4O2. The molecule has 144 valence electrons. The SMILES string of the molecule is Cc1ccc(Nc2cnc(-c3cncnc3)c(C)c2)c(C(=O)OC(C)(C)C)c1. The van der Waals surface area contributed by atoms with Gasteiger partial charge in [-0.15, -0.1) is 0 Å². The summed E-state index contributed by atoms with van der Waals surface area (Å²) >= 11 is 0. The van der Waals surface area contributed by atoms with Gasteiger partial charge < -0.3 is 10.1 Å². The average molecular weight is 376 g/mol. The van der Waals surface area contributed by atoms with E-state index in [-0.39, 0.29) is 5.97 Å². The van der Waals surface area contributed by atoms with Gasteiger partial charge in [-0.3, -0.25) is 4.98 Å². The van der Waals surface area contributed by atoms with Crippen molar-refractivity contribution in [3.8, 4) is 11.3 Å². The monoisotopic (exact) mass is 376 g/mol. The number of anilines is 2. The number of hydrogen-bond donors (Lipinski definition) is 1. The van der Waals surface area contributed by atoms with Gasteiger partial charge in [0.05, 0.1) is 28.8 Å². The quantitative estimate of drug-likeness (QED) is 0.656. The molecule has 0 saturated carbocycles. The van der Waals surface area contributed by atoms with Crippen molar-refractivity contribution in [1.82, 2.24) is 15.0 Å².